The van der Waals surface area contributed by atoms with Gasteiger partial charge in [-0.1, -0.05) is 0 Å². The first kappa shape index (κ1) is 20.7. The molecule has 2 aliphatic carbocycles. The molecule has 30 heavy (non-hydrogen) atoms. The first-order valence-electron chi connectivity index (χ1n) is 10.9. The molecule has 2 saturated carbocycles. The summed E-state index contributed by atoms with van der Waals surface area (Å²) in [5.74, 6) is 0.555. The molecular weight excluding hydrogens is 380 g/mol. The Balaban J connectivity index is 1.37. The third-order valence-corrected chi connectivity index (χ3v) is 6.06. The zero-order valence-corrected chi connectivity index (χ0v) is 18.0. The van der Waals surface area contributed by atoms with E-state index in [9.17, 15) is 10.1 Å². The summed E-state index contributed by atoms with van der Waals surface area (Å²) in [5, 5.41) is 12.4. The first-order valence-corrected chi connectivity index (χ1v) is 10.9. The van der Waals surface area contributed by atoms with Crippen molar-refractivity contribution < 1.29 is 14.3 Å². The number of benzene rings is 1. The van der Waals surface area contributed by atoms with Gasteiger partial charge in [0.15, 0.2) is 0 Å². The van der Waals surface area contributed by atoms with Gasteiger partial charge in [0.1, 0.15) is 17.7 Å². The number of carbonyl (C=O) groups is 1. The lowest BCUT2D eigenvalue weighted by atomic mass is 9.95. The predicted octanol–water partition coefficient (Wildman–Crippen LogP) is 3.55. The molecule has 0 saturated heterocycles. The van der Waals surface area contributed by atoms with Crippen LogP contribution in [0.1, 0.15) is 69.4 Å². The summed E-state index contributed by atoms with van der Waals surface area (Å²) >= 11 is 0. The van der Waals surface area contributed by atoms with Crippen molar-refractivity contribution >= 4 is 16.9 Å². The Morgan fingerprint density at radius 2 is 1.97 bits per heavy atom. The van der Waals surface area contributed by atoms with E-state index in [1.165, 1.54) is 25.3 Å². The second-order valence-corrected chi connectivity index (χ2v) is 8.73. The number of nitrogens with one attached hydrogen (secondary N) is 1. The van der Waals surface area contributed by atoms with Gasteiger partial charge in [-0.2, -0.15) is 10.2 Å². The van der Waals surface area contributed by atoms with Crippen molar-refractivity contribution in [2.75, 3.05) is 6.61 Å². The van der Waals surface area contributed by atoms with Crippen LogP contribution >= 0.6 is 0 Å². The van der Waals surface area contributed by atoms with Crippen LogP contribution in [-0.4, -0.2) is 40.3 Å². The van der Waals surface area contributed by atoms with Crippen LogP contribution in [0.2, 0.25) is 0 Å². The zero-order valence-electron chi connectivity index (χ0n) is 18.0. The van der Waals surface area contributed by atoms with E-state index < -0.39 is 0 Å². The molecule has 0 radical (unpaired) electrons. The summed E-state index contributed by atoms with van der Waals surface area (Å²) in [6.07, 6.45) is 6.36. The molecular formula is C23H30N4O3. The Kier molecular flexibility index (Phi) is 5.96. The topological polar surface area (TPSA) is 89.2 Å². The summed E-state index contributed by atoms with van der Waals surface area (Å²) in [7, 11) is 1.96. The summed E-state index contributed by atoms with van der Waals surface area (Å²) in [6, 6.07) is 7.05. The van der Waals surface area contributed by atoms with E-state index in [1.807, 2.05) is 24.6 Å². The molecule has 0 unspecified atom stereocenters. The van der Waals surface area contributed by atoms with Crippen molar-refractivity contribution in [3.8, 4) is 12.1 Å². The largest absolute Gasteiger partial charge is 0.461 e. The minimum atomic E-state index is -0.0329. The number of rotatable bonds is 7. The number of imidazole rings is 1. The lowest BCUT2D eigenvalue weighted by Crippen LogP contribution is -2.37. The molecule has 0 spiro atoms. The monoisotopic (exact) mass is 410 g/mol. The number of amides is 1. The van der Waals surface area contributed by atoms with Gasteiger partial charge < -0.3 is 14.8 Å². The standard InChI is InChI=1S/C23H30N4O3/c1-14(25-15(2)28)13-29-19-6-8-20(9-7-19)30-23-26-22-18(12-24)10-17(16-4-5-16)11-21(22)27(23)3/h10-11,14,16,19-20H,4-9,13H2,1-3H3,(H,25,28)/t14-,19?,20?/m0/s1. The van der Waals surface area contributed by atoms with E-state index in [0.29, 0.717) is 24.1 Å². The van der Waals surface area contributed by atoms with E-state index >= 15 is 0 Å². The van der Waals surface area contributed by atoms with Crippen LogP contribution in [0.25, 0.3) is 11.0 Å². The number of nitriles is 1. The number of hydrogen-bond donors (Lipinski definition) is 1. The highest BCUT2D eigenvalue weighted by Crippen LogP contribution is 2.42. The molecule has 1 heterocycles. The van der Waals surface area contributed by atoms with E-state index in [2.05, 4.69) is 22.4 Å². The number of carbonyl (C=O) groups excluding carboxylic acids is 1. The second-order valence-electron chi connectivity index (χ2n) is 8.73. The molecule has 2 aromatic rings. The molecule has 4 rings (SSSR count). The van der Waals surface area contributed by atoms with Gasteiger partial charge in [0.2, 0.25) is 5.91 Å². The fourth-order valence-electron chi connectivity index (χ4n) is 4.27. The normalized spacial score (nSPS) is 22.5. The average molecular weight is 411 g/mol. The van der Waals surface area contributed by atoms with Crippen LogP contribution in [-0.2, 0) is 16.6 Å². The fraction of sp³-hybridized carbons (Fsp3) is 0.609. The lowest BCUT2D eigenvalue weighted by molar-refractivity contribution is -0.120. The van der Waals surface area contributed by atoms with Crippen LogP contribution in [0, 0.1) is 11.3 Å². The van der Waals surface area contributed by atoms with Gasteiger partial charge in [0.05, 0.1) is 23.8 Å². The number of ether oxygens (including phenoxy) is 2. The van der Waals surface area contributed by atoms with Crippen LogP contribution in [0.3, 0.4) is 0 Å². The van der Waals surface area contributed by atoms with Gasteiger partial charge >= 0.3 is 0 Å². The summed E-state index contributed by atoms with van der Waals surface area (Å²) in [5.41, 5.74) is 3.56. The maximum atomic E-state index is 11.1. The molecule has 2 fully saturated rings. The Morgan fingerprint density at radius 1 is 1.27 bits per heavy atom. The van der Waals surface area contributed by atoms with Crippen LogP contribution < -0.4 is 10.1 Å². The van der Waals surface area contributed by atoms with Gasteiger partial charge in [-0.05, 0) is 69.1 Å². The average Bonchev–Trinajstić information content (AvgIpc) is 3.52. The first-order chi connectivity index (χ1) is 14.4. The van der Waals surface area contributed by atoms with Gasteiger partial charge in [-0.25, -0.2) is 0 Å². The third kappa shape index (κ3) is 4.59. The van der Waals surface area contributed by atoms with Crippen LogP contribution in [0.15, 0.2) is 12.1 Å². The lowest BCUT2D eigenvalue weighted by Gasteiger charge is -2.29. The van der Waals surface area contributed by atoms with Crippen LogP contribution in [0.4, 0.5) is 0 Å². The molecule has 0 bridgehead atoms. The number of fused-ring (bicyclic) bond motifs is 1. The smallest absolute Gasteiger partial charge is 0.297 e. The van der Waals surface area contributed by atoms with Crippen molar-refractivity contribution in [3.63, 3.8) is 0 Å². The zero-order chi connectivity index (χ0) is 21.3. The van der Waals surface area contributed by atoms with Gasteiger partial charge in [-0.15, -0.1) is 0 Å². The SMILES string of the molecule is CC(=O)N[C@@H](C)COC1CCC(Oc2nc3c(C#N)cc(C4CC4)cc3n2C)CC1. The Bertz CT molecular complexity index is 965. The summed E-state index contributed by atoms with van der Waals surface area (Å²) < 4.78 is 14.2. The van der Waals surface area contributed by atoms with E-state index in [4.69, 9.17) is 9.47 Å². The summed E-state index contributed by atoms with van der Waals surface area (Å²) in [4.78, 5) is 15.8. The number of aryl methyl sites for hydroxylation is 1. The highest BCUT2D eigenvalue weighted by atomic mass is 16.5. The van der Waals surface area contributed by atoms with Gasteiger partial charge in [-0.3, -0.25) is 9.36 Å². The molecule has 1 N–H and O–H groups in total. The molecule has 1 amide bonds. The maximum absolute atomic E-state index is 11.1. The van der Waals surface area contributed by atoms with Crippen molar-refractivity contribution in [1.82, 2.24) is 14.9 Å². The molecule has 7 heteroatoms. The molecule has 0 aliphatic heterocycles. The summed E-state index contributed by atoms with van der Waals surface area (Å²) in [6.45, 7) is 4.00. The Hall–Kier alpha value is -2.59. The Morgan fingerprint density at radius 3 is 2.60 bits per heavy atom. The van der Waals surface area contributed by atoms with Gasteiger partial charge in [0, 0.05) is 20.0 Å². The minimum Gasteiger partial charge on any atom is -0.461 e. The van der Waals surface area contributed by atoms with Gasteiger partial charge in [0.25, 0.3) is 6.01 Å². The molecule has 2 aliphatic rings. The Labute approximate surface area is 177 Å². The van der Waals surface area contributed by atoms with E-state index in [0.717, 1.165) is 36.7 Å². The minimum absolute atomic E-state index is 0.0198. The highest BCUT2D eigenvalue weighted by Gasteiger charge is 2.28. The van der Waals surface area contributed by atoms with Crippen molar-refractivity contribution in [2.45, 2.75) is 76.5 Å². The van der Waals surface area contributed by atoms with Crippen molar-refractivity contribution in [3.05, 3.63) is 23.3 Å². The molecule has 1 aromatic carbocycles. The van der Waals surface area contributed by atoms with E-state index in [1.54, 1.807) is 0 Å². The fourth-order valence-corrected chi connectivity index (χ4v) is 4.27. The van der Waals surface area contributed by atoms with Crippen molar-refractivity contribution in [1.29, 1.82) is 5.26 Å². The third-order valence-electron chi connectivity index (χ3n) is 6.06. The van der Waals surface area contributed by atoms with Crippen molar-refractivity contribution in [2.24, 2.45) is 7.05 Å². The number of hydrogen-bond acceptors (Lipinski definition) is 5. The molecule has 7 nitrogen and oxygen atoms in total. The van der Waals surface area contributed by atoms with Crippen LogP contribution in [0.5, 0.6) is 6.01 Å². The predicted molar refractivity (Wildman–Crippen MR) is 113 cm³/mol. The number of aromatic nitrogens is 2. The highest BCUT2D eigenvalue weighted by molar-refractivity contribution is 5.84. The maximum Gasteiger partial charge on any atom is 0.297 e. The quantitative estimate of drug-likeness (QED) is 0.754. The molecule has 1 atom stereocenters. The molecule has 160 valence electrons. The van der Waals surface area contributed by atoms with E-state index in [-0.39, 0.29) is 24.2 Å². The number of nitrogens with zero attached hydrogens (tertiary/aromatic N) is 3. The molecule has 1 aromatic heterocycles. The second kappa shape index (κ2) is 8.65.